The van der Waals surface area contributed by atoms with E-state index in [2.05, 4.69) is 4.74 Å². The van der Waals surface area contributed by atoms with Crippen LogP contribution in [0.3, 0.4) is 0 Å². The van der Waals surface area contributed by atoms with Crippen molar-refractivity contribution in [1.29, 1.82) is 0 Å². The minimum absolute atomic E-state index is 0.122. The fourth-order valence-electron chi connectivity index (χ4n) is 1.04. The van der Waals surface area contributed by atoms with Gasteiger partial charge in [0, 0.05) is 10.5 Å². The third-order valence-corrected chi connectivity index (χ3v) is 3.30. The van der Waals surface area contributed by atoms with E-state index in [1.165, 1.54) is 7.11 Å². The van der Waals surface area contributed by atoms with Crippen molar-refractivity contribution < 1.29 is 9.53 Å². The lowest BCUT2D eigenvalue weighted by atomic mass is 10.0. The Hall–Kier alpha value is -0.220. The van der Waals surface area contributed by atoms with Crippen LogP contribution in [0.15, 0.2) is 0 Å². The van der Waals surface area contributed by atoms with Gasteiger partial charge in [-0.15, -0.1) is 0 Å². The van der Waals surface area contributed by atoms with Crippen LogP contribution >= 0.6 is 11.8 Å². The Morgan fingerprint density at radius 2 is 2.45 bits per heavy atom. The maximum absolute atomic E-state index is 10.9. The van der Waals surface area contributed by atoms with Gasteiger partial charge in [0.05, 0.1) is 13.5 Å². The van der Waals surface area contributed by atoms with Gasteiger partial charge in [-0.2, -0.15) is 11.8 Å². The summed E-state index contributed by atoms with van der Waals surface area (Å²) >= 11 is 1.80. The van der Waals surface area contributed by atoms with E-state index < -0.39 is 0 Å². The van der Waals surface area contributed by atoms with Crippen LogP contribution in [0.2, 0.25) is 0 Å². The Balaban J connectivity index is 2.29. The molecule has 3 nitrogen and oxygen atoms in total. The molecule has 1 rings (SSSR count). The van der Waals surface area contributed by atoms with Crippen LogP contribution in [0, 0.1) is 0 Å². The predicted molar refractivity (Wildman–Crippen MR) is 45.5 cm³/mol. The van der Waals surface area contributed by atoms with E-state index in [-0.39, 0.29) is 10.7 Å². The molecule has 11 heavy (non-hydrogen) atoms. The zero-order chi connectivity index (χ0) is 8.32. The number of nitrogens with two attached hydrogens (primary N) is 1. The lowest BCUT2D eigenvalue weighted by Crippen LogP contribution is -2.20. The number of esters is 1. The average molecular weight is 175 g/mol. The molecule has 4 heteroatoms. The van der Waals surface area contributed by atoms with E-state index in [1.807, 2.05) is 0 Å². The Morgan fingerprint density at radius 1 is 1.82 bits per heavy atom. The molecule has 0 spiro atoms. The molecule has 0 bridgehead atoms. The number of carbonyl (C=O) groups excluding carboxylic acids is 1. The van der Waals surface area contributed by atoms with E-state index in [4.69, 9.17) is 5.73 Å². The molecule has 64 valence electrons. The summed E-state index contributed by atoms with van der Waals surface area (Å²) < 4.78 is 4.72. The molecule has 0 aromatic carbocycles. The van der Waals surface area contributed by atoms with Crippen molar-refractivity contribution in [3.8, 4) is 0 Å². The van der Waals surface area contributed by atoms with Crippen LogP contribution in [0.1, 0.15) is 12.8 Å². The minimum Gasteiger partial charge on any atom is -0.469 e. The third kappa shape index (κ3) is 2.38. The van der Waals surface area contributed by atoms with Crippen LogP contribution < -0.4 is 5.73 Å². The summed E-state index contributed by atoms with van der Waals surface area (Å²) in [5.41, 5.74) is 5.41. The highest BCUT2D eigenvalue weighted by Gasteiger charge is 2.44. The number of ether oxygens (including phenoxy) is 1. The quantitative estimate of drug-likeness (QED) is 0.496. The van der Waals surface area contributed by atoms with Crippen LogP contribution in [-0.4, -0.2) is 30.1 Å². The molecule has 0 radical (unpaired) electrons. The van der Waals surface area contributed by atoms with E-state index in [1.54, 1.807) is 11.8 Å². The molecular formula is C7H13NO2S. The highest BCUT2D eigenvalue weighted by Crippen LogP contribution is 2.50. The van der Waals surface area contributed by atoms with Crippen LogP contribution in [-0.2, 0) is 9.53 Å². The third-order valence-electron chi connectivity index (χ3n) is 1.85. The predicted octanol–water partition coefficient (Wildman–Crippen LogP) is 0.384. The number of rotatable bonds is 4. The maximum atomic E-state index is 10.9. The summed E-state index contributed by atoms with van der Waals surface area (Å²) in [5.74, 6) is 0.933. The maximum Gasteiger partial charge on any atom is 0.306 e. The second-order valence-electron chi connectivity index (χ2n) is 2.76. The first-order valence-corrected chi connectivity index (χ1v) is 4.62. The SMILES string of the molecule is COC(=O)CC1(CCN)CS1. The van der Waals surface area contributed by atoms with Gasteiger partial charge in [-0.25, -0.2) is 0 Å². The standard InChI is InChI=1S/C7H13NO2S/c1-10-6(9)4-7(2-3-8)5-11-7/h2-5,8H2,1H3. The van der Waals surface area contributed by atoms with Crippen molar-refractivity contribution in [3.05, 3.63) is 0 Å². The summed E-state index contributed by atoms with van der Waals surface area (Å²) in [5, 5.41) is 0. The molecule has 1 aliphatic heterocycles. The zero-order valence-corrected chi connectivity index (χ0v) is 7.45. The average Bonchev–Trinajstić information content (AvgIpc) is 2.70. The van der Waals surface area contributed by atoms with Gasteiger partial charge in [-0.3, -0.25) is 4.79 Å². The normalized spacial score (nSPS) is 28.2. The van der Waals surface area contributed by atoms with Gasteiger partial charge < -0.3 is 10.5 Å². The van der Waals surface area contributed by atoms with Crippen LogP contribution in [0.4, 0.5) is 0 Å². The second kappa shape index (κ2) is 3.45. The smallest absolute Gasteiger partial charge is 0.306 e. The van der Waals surface area contributed by atoms with Gasteiger partial charge in [0.1, 0.15) is 0 Å². The van der Waals surface area contributed by atoms with Crippen molar-refractivity contribution in [1.82, 2.24) is 0 Å². The summed E-state index contributed by atoms with van der Waals surface area (Å²) in [6.45, 7) is 0.657. The summed E-state index contributed by atoms with van der Waals surface area (Å²) in [6, 6.07) is 0. The van der Waals surface area contributed by atoms with Crippen molar-refractivity contribution in [2.45, 2.75) is 17.6 Å². The van der Waals surface area contributed by atoms with Gasteiger partial charge in [0.2, 0.25) is 0 Å². The van der Waals surface area contributed by atoms with E-state index in [0.29, 0.717) is 13.0 Å². The molecule has 0 saturated carbocycles. The molecule has 0 aromatic heterocycles. The van der Waals surface area contributed by atoms with Crippen molar-refractivity contribution in [2.75, 3.05) is 19.4 Å². The zero-order valence-electron chi connectivity index (χ0n) is 6.63. The number of hydrogen-bond donors (Lipinski definition) is 1. The Bertz CT molecular complexity index is 157. The molecule has 1 unspecified atom stereocenters. The van der Waals surface area contributed by atoms with Gasteiger partial charge in [-0.05, 0) is 13.0 Å². The molecule has 2 N–H and O–H groups in total. The Kier molecular flexibility index (Phi) is 2.78. The molecule has 1 heterocycles. The lowest BCUT2D eigenvalue weighted by Gasteiger charge is -2.08. The summed E-state index contributed by atoms with van der Waals surface area (Å²) in [6.07, 6.45) is 1.44. The number of methoxy groups -OCH3 is 1. The Labute approximate surface area is 70.7 Å². The van der Waals surface area contributed by atoms with Crippen LogP contribution in [0.25, 0.3) is 0 Å². The number of hydrogen-bond acceptors (Lipinski definition) is 4. The van der Waals surface area contributed by atoms with Gasteiger partial charge >= 0.3 is 5.97 Å². The largest absolute Gasteiger partial charge is 0.469 e. The molecule has 0 aromatic rings. The van der Waals surface area contributed by atoms with Crippen molar-refractivity contribution in [3.63, 3.8) is 0 Å². The summed E-state index contributed by atoms with van der Waals surface area (Å²) in [4.78, 5) is 10.9. The van der Waals surface area contributed by atoms with E-state index in [0.717, 1.165) is 12.2 Å². The van der Waals surface area contributed by atoms with Crippen LogP contribution in [0.5, 0.6) is 0 Å². The first-order chi connectivity index (χ1) is 5.22. The second-order valence-corrected chi connectivity index (χ2v) is 4.21. The molecule has 1 atom stereocenters. The van der Waals surface area contributed by atoms with Crippen molar-refractivity contribution in [2.24, 2.45) is 5.73 Å². The topological polar surface area (TPSA) is 52.3 Å². The molecule has 0 aliphatic carbocycles. The monoisotopic (exact) mass is 175 g/mol. The van der Waals surface area contributed by atoms with E-state index in [9.17, 15) is 4.79 Å². The molecule has 0 amide bonds. The first kappa shape index (κ1) is 8.87. The minimum atomic E-state index is -0.122. The molecule has 1 fully saturated rings. The fraction of sp³-hybridized carbons (Fsp3) is 0.857. The Morgan fingerprint density at radius 3 is 2.82 bits per heavy atom. The number of carbonyl (C=O) groups is 1. The first-order valence-electron chi connectivity index (χ1n) is 3.63. The fourth-order valence-corrected chi connectivity index (χ4v) is 1.97. The van der Waals surface area contributed by atoms with Crippen molar-refractivity contribution >= 4 is 17.7 Å². The highest BCUT2D eigenvalue weighted by molar-refractivity contribution is 8.07. The summed E-state index contributed by atoms with van der Waals surface area (Å²) in [7, 11) is 1.42. The highest BCUT2D eigenvalue weighted by atomic mass is 32.2. The van der Waals surface area contributed by atoms with Gasteiger partial charge in [0.25, 0.3) is 0 Å². The molecule has 1 aliphatic rings. The van der Waals surface area contributed by atoms with E-state index >= 15 is 0 Å². The lowest BCUT2D eigenvalue weighted by molar-refractivity contribution is -0.140. The molecule has 1 saturated heterocycles. The number of thioether (sulfide) groups is 1. The van der Waals surface area contributed by atoms with Gasteiger partial charge in [-0.1, -0.05) is 0 Å². The molecular weight excluding hydrogens is 162 g/mol. The van der Waals surface area contributed by atoms with Gasteiger partial charge in [0.15, 0.2) is 0 Å².